The topological polar surface area (TPSA) is 49.8 Å². The molecule has 0 saturated carbocycles. The van der Waals surface area contributed by atoms with E-state index in [0.29, 0.717) is 0 Å². The zero-order valence-electron chi connectivity index (χ0n) is 6.37. The third kappa shape index (κ3) is 1.79. The predicted molar refractivity (Wildman–Crippen MR) is 46.2 cm³/mol. The second-order valence-corrected chi connectivity index (χ2v) is 3.46. The van der Waals surface area contributed by atoms with Crippen LogP contribution in [0.4, 0.5) is 0 Å². The summed E-state index contributed by atoms with van der Waals surface area (Å²) in [5.41, 5.74) is 5.51. The molecule has 0 aliphatic rings. The second kappa shape index (κ2) is 3.51. The maximum absolute atomic E-state index is 8.50. The van der Waals surface area contributed by atoms with Crippen LogP contribution in [0.1, 0.15) is 22.7 Å². The lowest BCUT2D eigenvalue weighted by Crippen LogP contribution is -2.04. The molecule has 2 N–H and O–H groups in total. The molecule has 1 atom stereocenters. The van der Waals surface area contributed by atoms with E-state index < -0.39 is 6.04 Å². The summed E-state index contributed by atoms with van der Waals surface area (Å²) >= 11 is 1.62. The van der Waals surface area contributed by atoms with Crippen molar-refractivity contribution in [2.75, 3.05) is 0 Å². The largest absolute Gasteiger partial charge is 0.312 e. The first kappa shape index (κ1) is 8.25. The minimum absolute atomic E-state index is 0.444. The van der Waals surface area contributed by atoms with E-state index in [1.807, 2.05) is 18.2 Å². The minimum atomic E-state index is -0.444. The van der Waals surface area contributed by atoms with Crippen LogP contribution in [-0.2, 0) is 6.42 Å². The van der Waals surface area contributed by atoms with Crippen LogP contribution in [0, 0.1) is 11.3 Å². The molecule has 0 amide bonds. The number of aryl methyl sites for hydroxylation is 1. The first-order valence-electron chi connectivity index (χ1n) is 3.51. The van der Waals surface area contributed by atoms with Crippen molar-refractivity contribution in [1.29, 1.82) is 5.26 Å². The van der Waals surface area contributed by atoms with Gasteiger partial charge in [0.2, 0.25) is 0 Å². The van der Waals surface area contributed by atoms with Crippen molar-refractivity contribution < 1.29 is 0 Å². The Morgan fingerprint density at radius 2 is 2.45 bits per heavy atom. The molecule has 11 heavy (non-hydrogen) atoms. The van der Waals surface area contributed by atoms with Crippen LogP contribution >= 0.6 is 11.3 Å². The van der Waals surface area contributed by atoms with Crippen LogP contribution in [0.25, 0.3) is 0 Å². The minimum Gasteiger partial charge on any atom is -0.312 e. The monoisotopic (exact) mass is 166 g/mol. The number of thiophene rings is 1. The molecule has 58 valence electrons. The maximum Gasteiger partial charge on any atom is 0.128 e. The highest BCUT2D eigenvalue weighted by Gasteiger charge is 2.05. The molecule has 0 spiro atoms. The molecule has 3 heteroatoms. The van der Waals surface area contributed by atoms with E-state index in [1.165, 1.54) is 4.88 Å². The molecule has 1 rings (SSSR count). The summed E-state index contributed by atoms with van der Waals surface area (Å²) in [6.07, 6.45) is 1.02. The Hall–Kier alpha value is -0.850. The fourth-order valence-electron chi connectivity index (χ4n) is 0.815. The first-order valence-corrected chi connectivity index (χ1v) is 4.33. The van der Waals surface area contributed by atoms with Gasteiger partial charge in [-0.05, 0) is 18.6 Å². The lowest BCUT2D eigenvalue weighted by molar-refractivity contribution is 0.951. The average Bonchev–Trinajstić information content (AvgIpc) is 2.50. The van der Waals surface area contributed by atoms with Gasteiger partial charge in [-0.2, -0.15) is 5.26 Å². The van der Waals surface area contributed by atoms with E-state index in [2.05, 4.69) is 6.92 Å². The molecule has 0 aromatic carbocycles. The quantitative estimate of drug-likeness (QED) is 0.728. The lowest BCUT2D eigenvalue weighted by atomic mass is 10.3. The van der Waals surface area contributed by atoms with Crippen molar-refractivity contribution in [3.8, 4) is 6.07 Å². The zero-order chi connectivity index (χ0) is 8.27. The number of nitrogens with two attached hydrogens (primary N) is 1. The molecule has 0 aliphatic carbocycles. The Labute approximate surface area is 70.3 Å². The summed E-state index contributed by atoms with van der Waals surface area (Å²) in [4.78, 5) is 2.25. The van der Waals surface area contributed by atoms with Crippen molar-refractivity contribution in [2.45, 2.75) is 19.4 Å². The highest BCUT2D eigenvalue weighted by Crippen LogP contribution is 2.21. The summed E-state index contributed by atoms with van der Waals surface area (Å²) < 4.78 is 0. The number of nitrogens with zero attached hydrogens (tertiary/aromatic N) is 1. The normalized spacial score (nSPS) is 12.5. The molecule has 2 nitrogen and oxygen atoms in total. The second-order valence-electron chi connectivity index (χ2n) is 2.26. The third-order valence-electron chi connectivity index (χ3n) is 1.48. The van der Waals surface area contributed by atoms with Gasteiger partial charge in [-0.25, -0.2) is 0 Å². The Bertz CT molecular complexity index is 272. The Morgan fingerprint density at radius 1 is 1.73 bits per heavy atom. The molecule has 0 radical (unpaired) electrons. The van der Waals surface area contributed by atoms with Gasteiger partial charge in [0, 0.05) is 9.75 Å². The van der Waals surface area contributed by atoms with Crippen molar-refractivity contribution in [1.82, 2.24) is 0 Å². The van der Waals surface area contributed by atoms with Gasteiger partial charge in [0.1, 0.15) is 6.04 Å². The fraction of sp³-hybridized carbons (Fsp3) is 0.375. The van der Waals surface area contributed by atoms with Gasteiger partial charge in [-0.1, -0.05) is 6.92 Å². The van der Waals surface area contributed by atoms with Crippen LogP contribution in [-0.4, -0.2) is 0 Å². The van der Waals surface area contributed by atoms with Gasteiger partial charge in [0.15, 0.2) is 0 Å². The molecular formula is C8H10N2S. The molecular weight excluding hydrogens is 156 g/mol. The van der Waals surface area contributed by atoms with Crippen molar-refractivity contribution >= 4 is 11.3 Å². The van der Waals surface area contributed by atoms with Crippen LogP contribution in [0.15, 0.2) is 12.1 Å². The summed E-state index contributed by atoms with van der Waals surface area (Å²) in [7, 11) is 0. The molecule has 0 bridgehead atoms. The number of hydrogen-bond donors (Lipinski definition) is 1. The molecule has 0 unspecified atom stereocenters. The van der Waals surface area contributed by atoms with E-state index in [-0.39, 0.29) is 0 Å². The average molecular weight is 166 g/mol. The Balaban J connectivity index is 2.82. The molecule has 1 aromatic rings. The molecule has 0 fully saturated rings. The highest BCUT2D eigenvalue weighted by molar-refractivity contribution is 7.12. The molecule has 0 saturated heterocycles. The van der Waals surface area contributed by atoms with Crippen molar-refractivity contribution in [2.24, 2.45) is 5.73 Å². The molecule has 0 aliphatic heterocycles. The highest BCUT2D eigenvalue weighted by atomic mass is 32.1. The maximum atomic E-state index is 8.50. The fourth-order valence-corrected chi connectivity index (χ4v) is 1.71. The Kier molecular flexibility index (Phi) is 2.64. The Morgan fingerprint density at radius 3 is 2.91 bits per heavy atom. The van der Waals surface area contributed by atoms with E-state index in [4.69, 9.17) is 11.0 Å². The summed E-state index contributed by atoms with van der Waals surface area (Å²) in [5, 5.41) is 8.50. The lowest BCUT2D eigenvalue weighted by Gasteiger charge is -1.94. The van der Waals surface area contributed by atoms with Crippen LogP contribution in [0.5, 0.6) is 0 Å². The molecule has 1 aromatic heterocycles. The van der Waals surface area contributed by atoms with E-state index in [9.17, 15) is 0 Å². The van der Waals surface area contributed by atoms with E-state index in [0.717, 1.165) is 11.3 Å². The van der Waals surface area contributed by atoms with Gasteiger partial charge in [-0.3, -0.25) is 0 Å². The van der Waals surface area contributed by atoms with Crippen LogP contribution < -0.4 is 5.73 Å². The molecule has 1 heterocycles. The standard InChI is InChI=1S/C8H10N2S/c1-2-6-3-4-8(11-6)7(10)5-9/h3-4,7H,2,10H2,1H3/t7-/m1/s1. The predicted octanol–water partition coefficient (Wildman–Crippen LogP) is 1.83. The van der Waals surface area contributed by atoms with Gasteiger partial charge >= 0.3 is 0 Å². The number of hydrogen-bond acceptors (Lipinski definition) is 3. The van der Waals surface area contributed by atoms with Crippen molar-refractivity contribution in [3.63, 3.8) is 0 Å². The summed E-state index contributed by atoms with van der Waals surface area (Å²) in [5.74, 6) is 0. The van der Waals surface area contributed by atoms with Gasteiger partial charge < -0.3 is 5.73 Å². The summed E-state index contributed by atoms with van der Waals surface area (Å²) in [6, 6.07) is 5.52. The number of rotatable bonds is 2. The SMILES string of the molecule is CCc1ccc([C@H](N)C#N)s1. The first-order chi connectivity index (χ1) is 5.27. The van der Waals surface area contributed by atoms with Gasteiger partial charge in [0.25, 0.3) is 0 Å². The smallest absolute Gasteiger partial charge is 0.128 e. The third-order valence-corrected chi connectivity index (χ3v) is 2.79. The van der Waals surface area contributed by atoms with E-state index >= 15 is 0 Å². The summed E-state index contributed by atoms with van der Waals surface area (Å²) in [6.45, 7) is 2.09. The van der Waals surface area contributed by atoms with Crippen molar-refractivity contribution in [3.05, 3.63) is 21.9 Å². The van der Waals surface area contributed by atoms with E-state index in [1.54, 1.807) is 11.3 Å². The zero-order valence-corrected chi connectivity index (χ0v) is 7.19. The van der Waals surface area contributed by atoms with Crippen LogP contribution in [0.3, 0.4) is 0 Å². The number of nitriles is 1. The van der Waals surface area contributed by atoms with Crippen LogP contribution in [0.2, 0.25) is 0 Å². The van der Waals surface area contributed by atoms with Gasteiger partial charge in [0.05, 0.1) is 6.07 Å². The van der Waals surface area contributed by atoms with Gasteiger partial charge in [-0.15, -0.1) is 11.3 Å².